The number of carbonyl (C=O) groups is 1. The van der Waals surface area contributed by atoms with Gasteiger partial charge in [-0.15, -0.1) is 0 Å². The van der Waals surface area contributed by atoms with Crippen LogP contribution in [0.25, 0.3) is 6.08 Å². The lowest BCUT2D eigenvalue weighted by molar-refractivity contribution is -0.117. The van der Waals surface area contributed by atoms with E-state index in [1.54, 1.807) is 48.5 Å². The van der Waals surface area contributed by atoms with Crippen molar-refractivity contribution in [1.82, 2.24) is 5.32 Å². The number of nitriles is 1. The summed E-state index contributed by atoms with van der Waals surface area (Å²) in [6, 6.07) is 16.6. The second-order valence-electron chi connectivity index (χ2n) is 6.22. The molecule has 7 heteroatoms. The molecule has 1 aromatic heterocycles. The van der Waals surface area contributed by atoms with Crippen LogP contribution >= 0.6 is 0 Å². The Labute approximate surface area is 173 Å². The van der Waals surface area contributed by atoms with Crippen LogP contribution in [-0.4, -0.2) is 13.0 Å². The Morgan fingerprint density at radius 3 is 2.73 bits per heavy atom. The van der Waals surface area contributed by atoms with Gasteiger partial charge in [0.15, 0.2) is 11.5 Å². The molecule has 6 nitrogen and oxygen atoms in total. The summed E-state index contributed by atoms with van der Waals surface area (Å²) >= 11 is 0. The number of carbonyl (C=O) groups excluding carboxylic acids is 1. The fraction of sp³-hybridized carbons (Fsp3) is 0.130. The minimum Gasteiger partial charge on any atom is -0.493 e. The lowest BCUT2D eigenvalue weighted by Crippen LogP contribution is -2.23. The number of rotatable bonds is 8. The summed E-state index contributed by atoms with van der Waals surface area (Å²) in [5, 5.41) is 12.0. The Kier molecular flexibility index (Phi) is 6.85. The van der Waals surface area contributed by atoms with E-state index in [2.05, 4.69) is 5.32 Å². The van der Waals surface area contributed by atoms with Gasteiger partial charge in [-0.25, -0.2) is 4.39 Å². The molecule has 1 amide bonds. The zero-order valence-electron chi connectivity index (χ0n) is 16.2. The van der Waals surface area contributed by atoms with Crippen molar-refractivity contribution in [2.45, 2.75) is 13.2 Å². The number of halogens is 1. The highest BCUT2D eigenvalue weighted by Crippen LogP contribution is 2.30. The number of nitrogens with one attached hydrogen (secondary N) is 1. The van der Waals surface area contributed by atoms with Gasteiger partial charge in [-0.3, -0.25) is 4.79 Å². The molecule has 0 saturated heterocycles. The van der Waals surface area contributed by atoms with E-state index in [1.165, 1.54) is 25.5 Å². The molecule has 2 aromatic carbocycles. The zero-order valence-corrected chi connectivity index (χ0v) is 16.2. The predicted octanol–water partition coefficient (Wildman–Crippen LogP) is 4.23. The van der Waals surface area contributed by atoms with Gasteiger partial charge in [-0.1, -0.05) is 24.3 Å². The lowest BCUT2D eigenvalue weighted by atomic mass is 10.1. The maximum absolute atomic E-state index is 13.8. The molecule has 0 fully saturated rings. The molecule has 152 valence electrons. The van der Waals surface area contributed by atoms with Crippen LogP contribution in [0, 0.1) is 17.1 Å². The van der Waals surface area contributed by atoms with E-state index in [-0.39, 0.29) is 24.5 Å². The van der Waals surface area contributed by atoms with E-state index < -0.39 is 5.91 Å². The normalized spacial score (nSPS) is 10.9. The summed E-state index contributed by atoms with van der Waals surface area (Å²) in [7, 11) is 1.47. The standard InChI is InChI=1S/C23H19FN2O4/c1-28-22-12-16(8-9-21(22)30-15-17-5-2-3-7-20(17)24)11-18(13-25)23(27)26-14-19-6-4-10-29-19/h2-12H,14-15H2,1H3,(H,26,27)/b18-11+. The van der Waals surface area contributed by atoms with Crippen molar-refractivity contribution in [1.29, 1.82) is 5.26 Å². The molecule has 0 saturated carbocycles. The largest absolute Gasteiger partial charge is 0.493 e. The van der Waals surface area contributed by atoms with Crippen molar-refractivity contribution < 1.29 is 23.1 Å². The first-order valence-electron chi connectivity index (χ1n) is 9.07. The highest BCUT2D eigenvalue weighted by atomic mass is 19.1. The number of ether oxygens (including phenoxy) is 2. The Hall–Kier alpha value is -4.05. The average Bonchev–Trinajstić information content (AvgIpc) is 3.29. The maximum atomic E-state index is 13.8. The molecule has 30 heavy (non-hydrogen) atoms. The zero-order chi connectivity index (χ0) is 21.3. The number of hydrogen-bond acceptors (Lipinski definition) is 5. The van der Waals surface area contributed by atoms with Crippen LogP contribution in [-0.2, 0) is 17.9 Å². The molecule has 0 unspecified atom stereocenters. The van der Waals surface area contributed by atoms with Crippen molar-refractivity contribution in [2.24, 2.45) is 0 Å². The van der Waals surface area contributed by atoms with E-state index in [9.17, 15) is 14.4 Å². The van der Waals surface area contributed by atoms with Crippen molar-refractivity contribution >= 4 is 12.0 Å². The molecule has 0 atom stereocenters. The van der Waals surface area contributed by atoms with Gasteiger partial charge in [0, 0.05) is 5.56 Å². The van der Waals surface area contributed by atoms with Gasteiger partial charge in [0.05, 0.1) is 19.9 Å². The second kappa shape index (κ2) is 9.94. The highest BCUT2D eigenvalue weighted by Gasteiger charge is 2.12. The van der Waals surface area contributed by atoms with E-state index in [4.69, 9.17) is 13.9 Å². The van der Waals surface area contributed by atoms with Crippen LogP contribution in [0.2, 0.25) is 0 Å². The SMILES string of the molecule is COc1cc(/C=C(\C#N)C(=O)NCc2ccco2)ccc1OCc1ccccc1F. The minimum atomic E-state index is -0.521. The molecule has 0 aliphatic heterocycles. The fourth-order valence-corrected chi connectivity index (χ4v) is 2.66. The summed E-state index contributed by atoms with van der Waals surface area (Å²) in [6.45, 7) is 0.216. The Morgan fingerprint density at radius 1 is 1.20 bits per heavy atom. The van der Waals surface area contributed by atoms with Gasteiger partial charge in [0.25, 0.3) is 5.91 Å². The van der Waals surface area contributed by atoms with Crippen LogP contribution in [0.5, 0.6) is 11.5 Å². The van der Waals surface area contributed by atoms with Gasteiger partial charge in [0.1, 0.15) is 29.8 Å². The van der Waals surface area contributed by atoms with E-state index in [0.29, 0.717) is 28.4 Å². The third-order valence-electron chi connectivity index (χ3n) is 4.21. The van der Waals surface area contributed by atoms with Gasteiger partial charge >= 0.3 is 0 Å². The van der Waals surface area contributed by atoms with Crippen LogP contribution in [0.15, 0.2) is 70.9 Å². The number of nitrogens with zero attached hydrogens (tertiary/aromatic N) is 1. The predicted molar refractivity (Wildman–Crippen MR) is 108 cm³/mol. The van der Waals surface area contributed by atoms with Crippen molar-refractivity contribution in [2.75, 3.05) is 7.11 Å². The lowest BCUT2D eigenvalue weighted by Gasteiger charge is -2.12. The average molecular weight is 406 g/mol. The molecule has 3 aromatic rings. The summed E-state index contributed by atoms with van der Waals surface area (Å²) in [4.78, 5) is 12.3. The van der Waals surface area contributed by atoms with Gasteiger partial charge in [0.2, 0.25) is 0 Å². The molecule has 0 aliphatic rings. The number of furan rings is 1. The molecule has 3 rings (SSSR count). The van der Waals surface area contributed by atoms with Gasteiger partial charge < -0.3 is 19.2 Å². The third kappa shape index (κ3) is 5.26. The monoisotopic (exact) mass is 406 g/mol. The van der Waals surface area contributed by atoms with E-state index in [1.807, 2.05) is 6.07 Å². The van der Waals surface area contributed by atoms with Gasteiger partial charge in [-0.05, 0) is 42.0 Å². The highest BCUT2D eigenvalue weighted by molar-refractivity contribution is 6.01. The number of benzene rings is 2. The summed E-state index contributed by atoms with van der Waals surface area (Å²) in [5.41, 5.74) is 0.932. The Balaban J connectivity index is 1.71. The van der Waals surface area contributed by atoms with E-state index in [0.717, 1.165) is 0 Å². The summed E-state index contributed by atoms with van der Waals surface area (Å²) < 4.78 is 29.9. The Bertz CT molecular complexity index is 1080. The molecule has 0 spiro atoms. The molecule has 0 bridgehead atoms. The van der Waals surface area contributed by atoms with Crippen molar-refractivity contribution in [3.63, 3.8) is 0 Å². The molecule has 1 N–H and O–H groups in total. The molecule has 1 heterocycles. The maximum Gasteiger partial charge on any atom is 0.262 e. The van der Waals surface area contributed by atoms with Gasteiger partial charge in [-0.2, -0.15) is 5.26 Å². The smallest absolute Gasteiger partial charge is 0.262 e. The molecule has 0 aliphatic carbocycles. The topological polar surface area (TPSA) is 84.5 Å². The number of hydrogen-bond donors (Lipinski definition) is 1. The van der Waals surface area contributed by atoms with Crippen LogP contribution in [0.1, 0.15) is 16.9 Å². The molecular weight excluding hydrogens is 387 g/mol. The van der Waals surface area contributed by atoms with E-state index >= 15 is 0 Å². The number of amides is 1. The van der Waals surface area contributed by atoms with Crippen molar-refractivity contribution in [3.8, 4) is 17.6 Å². The Morgan fingerprint density at radius 2 is 2.03 bits per heavy atom. The third-order valence-corrected chi connectivity index (χ3v) is 4.21. The molecular formula is C23H19FN2O4. The van der Waals surface area contributed by atoms with Crippen LogP contribution in [0.4, 0.5) is 4.39 Å². The second-order valence-corrected chi connectivity index (χ2v) is 6.22. The minimum absolute atomic E-state index is 0.0385. The first-order chi connectivity index (χ1) is 14.6. The van der Waals surface area contributed by atoms with Crippen LogP contribution in [0.3, 0.4) is 0 Å². The fourth-order valence-electron chi connectivity index (χ4n) is 2.66. The molecule has 0 radical (unpaired) electrons. The first kappa shape index (κ1) is 20.7. The summed E-state index contributed by atoms with van der Waals surface area (Å²) in [5.74, 6) is 0.522. The number of methoxy groups -OCH3 is 1. The van der Waals surface area contributed by atoms with Crippen LogP contribution < -0.4 is 14.8 Å². The quantitative estimate of drug-likeness (QED) is 0.447. The first-order valence-corrected chi connectivity index (χ1v) is 9.07. The summed E-state index contributed by atoms with van der Waals surface area (Å²) in [6.07, 6.45) is 2.95. The van der Waals surface area contributed by atoms with Crippen molar-refractivity contribution in [3.05, 3.63) is 89.1 Å².